The lowest BCUT2D eigenvalue weighted by Crippen LogP contribution is -2.14. The van der Waals surface area contributed by atoms with E-state index in [1.807, 2.05) is 48.0 Å². The number of alkyl halides is 3. The molecule has 2 heterocycles. The molecule has 0 radical (unpaired) electrons. The topological polar surface area (TPSA) is 85.8 Å². The molecule has 2 aromatic heterocycles. The Morgan fingerprint density at radius 3 is 2.58 bits per heavy atom. The Hall–Kier alpha value is -4.66. The van der Waals surface area contributed by atoms with Gasteiger partial charge in [-0.05, 0) is 66.1 Å². The fraction of sp³-hybridized carbons (Fsp3) is 0.0741. The molecule has 6 nitrogen and oxygen atoms in total. The molecule has 3 N–H and O–H groups in total. The molecule has 0 aliphatic carbocycles. The van der Waals surface area contributed by atoms with Crippen LogP contribution in [-0.2, 0) is 6.18 Å². The van der Waals surface area contributed by atoms with E-state index >= 15 is 0 Å². The first-order chi connectivity index (χ1) is 17.2. The lowest BCUT2D eigenvalue weighted by atomic mass is 9.99. The quantitative estimate of drug-likeness (QED) is 0.314. The van der Waals surface area contributed by atoms with Crippen LogP contribution in [0, 0.1) is 6.92 Å². The normalized spacial score (nSPS) is 11.6. The SMILES string of the molecule is Cc1ccc(NC(=O)c2cccc(C(F)(F)F)c2)cc1-c1ccc2ccn(-c3cc(N)ncn3)c2c1. The molecule has 5 aromatic rings. The Morgan fingerprint density at radius 1 is 0.972 bits per heavy atom. The molecule has 36 heavy (non-hydrogen) atoms. The number of halogens is 3. The maximum Gasteiger partial charge on any atom is 0.416 e. The van der Waals surface area contributed by atoms with Gasteiger partial charge < -0.3 is 15.6 Å². The second-order valence-corrected chi connectivity index (χ2v) is 8.32. The minimum Gasteiger partial charge on any atom is -0.384 e. The van der Waals surface area contributed by atoms with Crippen molar-refractivity contribution in [3.8, 4) is 16.9 Å². The zero-order valence-electron chi connectivity index (χ0n) is 19.0. The molecule has 0 spiro atoms. The maximum absolute atomic E-state index is 13.0. The molecule has 180 valence electrons. The van der Waals surface area contributed by atoms with Gasteiger partial charge >= 0.3 is 6.18 Å². The molecule has 0 atom stereocenters. The van der Waals surface area contributed by atoms with Crippen LogP contribution in [0.15, 0.2) is 85.3 Å². The number of nitrogen functional groups attached to an aromatic ring is 1. The van der Waals surface area contributed by atoms with E-state index in [1.54, 1.807) is 18.2 Å². The zero-order valence-corrected chi connectivity index (χ0v) is 19.0. The summed E-state index contributed by atoms with van der Waals surface area (Å²) in [7, 11) is 0. The zero-order chi connectivity index (χ0) is 25.4. The van der Waals surface area contributed by atoms with Crippen molar-refractivity contribution >= 4 is 28.3 Å². The molecule has 0 saturated carbocycles. The highest BCUT2D eigenvalue weighted by Gasteiger charge is 2.30. The number of rotatable bonds is 4. The third kappa shape index (κ3) is 4.50. The maximum atomic E-state index is 13.0. The number of nitrogens with one attached hydrogen (secondary N) is 1. The summed E-state index contributed by atoms with van der Waals surface area (Å²) >= 11 is 0. The lowest BCUT2D eigenvalue weighted by molar-refractivity contribution is -0.137. The van der Waals surface area contributed by atoms with Crippen LogP contribution in [0.4, 0.5) is 24.7 Å². The van der Waals surface area contributed by atoms with Gasteiger partial charge in [-0.1, -0.05) is 24.3 Å². The van der Waals surface area contributed by atoms with Gasteiger partial charge in [0, 0.05) is 28.9 Å². The summed E-state index contributed by atoms with van der Waals surface area (Å²) in [4.78, 5) is 20.9. The summed E-state index contributed by atoms with van der Waals surface area (Å²) in [5, 5.41) is 3.71. The molecule has 0 saturated heterocycles. The molecule has 0 bridgehead atoms. The second-order valence-electron chi connectivity index (χ2n) is 8.32. The van der Waals surface area contributed by atoms with Crippen molar-refractivity contribution in [2.75, 3.05) is 11.1 Å². The van der Waals surface area contributed by atoms with Crippen molar-refractivity contribution in [3.63, 3.8) is 0 Å². The molecule has 9 heteroatoms. The standard InChI is InChI=1S/C27H20F3N5O/c1-16-5-8-21(34-26(36)19-3-2-4-20(11-19)27(28,29)30)13-22(16)18-7-6-17-9-10-35(23(17)12-18)25-14-24(31)32-15-33-25/h2-15H,1H3,(H,34,36)(H2,31,32,33). The fourth-order valence-electron chi connectivity index (χ4n) is 4.04. The third-order valence-electron chi connectivity index (χ3n) is 5.87. The average Bonchev–Trinajstić information content (AvgIpc) is 3.28. The molecule has 0 unspecified atom stereocenters. The van der Waals surface area contributed by atoms with E-state index in [4.69, 9.17) is 5.73 Å². The van der Waals surface area contributed by atoms with E-state index in [0.717, 1.165) is 39.7 Å². The predicted molar refractivity (Wildman–Crippen MR) is 133 cm³/mol. The summed E-state index contributed by atoms with van der Waals surface area (Å²) in [6.07, 6.45) is -1.23. The first-order valence-corrected chi connectivity index (χ1v) is 11.0. The summed E-state index contributed by atoms with van der Waals surface area (Å²) in [6, 6.07) is 19.3. The number of amides is 1. The number of anilines is 2. The van der Waals surface area contributed by atoms with Crippen LogP contribution in [0.3, 0.4) is 0 Å². The van der Waals surface area contributed by atoms with E-state index in [1.165, 1.54) is 18.5 Å². The molecule has 0 fully saturated rings. The van der Waals surface area contributed by atoms with Gasteiger partial charge in [0.25, 0.3) is 5.91 Å². The number of benzene rings is 3. The Balaban J connectivity index is 1.48. The molecule has 0 aliphatic rings. The Labute approximate surface area is 204 Å². The highest BCUT2D eigenvalue weighted by atomic mass is 19.4. The number of nitrogens with zero attached hydrogens (tertiary/aromatic N) is 3. The third-order valence-corrected chi connectivity index (χ3v) is 5.87. The largest absolute Gasteiger partial charge is 0.416 e. The number of carbonyl (C=O) groups excluding carboxylic acids is 1. The summed E-state index contributed by atoms with van der Waals surface area (Å²) in [5.41, 5.74) is 8.99. The van der Waals surface area contributed by atoms with Crippen LogP contribution >= 0.6 is 0 Å². The van der Waals surface area contributed by atoms with Crippen molar-refractivity contribution < 1.29 is 18.0 Å². The Bertz CT molecular complexity index is 1610. The van der Waals surface area contributed by atoms with E-state index in [2.05, 4.69) is 15.3 Å². The van der Waals surface area contributed by atoms with Crippen LogP contribution in [0.2, 0.25) is 0 Å². The van der Waals surface area contributed by atoms with Gasteiger partial charge in [-0.2, -0.15) is 13.2 Å². The first kappa shape index (κ1) is 23.1. The number of aromatic nitrogens is 3. The van der Waals surface area contributed by atoms with Crippen LogP contribution < -0.4 is 11.1 Å². The number of nitrogens with two attached hydrogens (primary N) is 1. The summed E-state index contributed by atoms with van der Waals surface area (Å²) in [5.74, 6) is 0.369. The smallest absolute Gasteiger partial charge is 0.384 e. The number of hydrogen-bond donors (Lipinski definition) is 2. The van der Waals surface area contributed by atoms with Gasteiger partial charge in [0.1, 0.15) is 18.0 Å². The highest BCUT2D eigenvalue weighted by Crippen LogP contribution is 2.32. The van der Waals surface area contributed by atoms with E-state index in [0.29, 0.717) is 17.3 Å². The minimum atomic E-state index is -4.53. The van der Waals surface area contributed by atoms with Gasteiger partial charge in [-0.3, -0.25) is 4.79 Å². The highest BCUT2D eigenvalue weighted by molar-refractivity contribution is 6.04. The van der Waals surface area contributed by atoms with Gasteiger partial charge in [-0.25, -0.2) is 9.97 Å². The van der Waals surface area contributed by atoms with Crippen LogP contribution in [0.25, 0.3) is 27.8 Å². The van der Waals surface area contributed by atoms with Crippen LogP contribution in [0.1, 0.15) is 21.5 Å². The van der Waals surface area contributed by atoms with Crippen LogP contribution in [-0.4, -0.2) is 20.4 Å². The molecular weight excluding hydrogens is 467 g/mol. The molecular formula is C27H20F3N5O. The van der Waals surface area contributed by atoms with Crippen molar-refractivity contribution in [3.05, 3.63) is 102 Å². The average molecular weight is 487 g/mol. The van der Waals surface area contributed by atoms with E-state index < -0.39 is 17.6 Å². The monoisotopic (exact) mass is 487 g/mol. The predicted octanol–water partition coefficient (Wildman–Crippen LogP) is 6.25. The van der Waals surface area contributed by atoms with Gasteiger partial charge in [0.05, 0.1) is 11.1 Å². The van der Waals surface area contributed by atoms with Crippen molar-refractivity contribution in [1.29, 1.82) is 0 Å². The Morgan fingerprint density at radius 2 is 1.81 bits per heavy atom. The van der Waals surface area contributed by atoms with Gasteiger partial charge in [-0.15, -0.1) is 0 Å². The number of carbonyl (C=O) groups is 1. The summed E-state index contributed by atoms with van der Waals surface area (Å²) in [6.45, 7) is 1.95. The number of hydrogen-bond acceptors (Lipinski definition) is 4. The van der Waals surface area contributed by atoms with E-state index in [9.17, 15) is 18.0 Å². The molecule has 3 aromatic carbocycles. The minimum absolute atomic E-state index is 0.0738. The second kappa shape index (κ2) is 8.84. The number of fused-ring (bicyclic) bond motifs is 1. The fourth-order valence-corrected chi connectivity index (χ4v) is 4.04. The lowest BCUT2D eigenvalue weighted by Gasteiger charge is -2.13. The van der Waals surface area contributed by atoms with Gasteiger partial charge in [0.15, 0.2) is 0 Å². The Kier molecular flexibility index (Phi) is 5.68. The van der Waals surface area contributed by atoms with Crippen molar-refractivity contribution in [2.45, 2.75) is 13.1 Å². The van der Waals surface area contributed by atoms with Crippen LogP contribution in [0.5, 0.6) is 0 Å². The van der Waals surface area contributed by atoms with Crippen molar-refractivity contribution in [2.24, 2.45) is 0 Å². The molecule has 1 amide bonds. The number of aryl methyl sites for hydroxylation is 1. The van der Waals surface area contributed by atoms with Gasteiger partial charge in [0.2, 0.25) is 0 Å². The molecule has 5 rings (SSSR count). The van der Waals surface area contributed by atoms with E-state index in [-0.39, 0.29) is 5.56 Å². The summed E-state index contributed by atoms with van der Waals surface area (Å²) < 4.78 is 41.0. The molecule has 0 aliphatic heterocycles. The first-order valence-electron chi connectivity index (χ1n) is 11.0. The van der Waals surface area contributed by atoms with Crippen molar-refractivity contribution in [1.82, 2.24) is 14.5 Å².